The van der Waals surface area contributed by atoms with Gasteiger partial charge in [-0.1, -0.05) is 26.0 Å². The average Bonchev–Trinajstić information content (AvgIpc) is 2.53. The summed E-state index contributed by atoms with van der Waals surface area (Å²) in [5.74, 6) is -0.334. The van der Waals surface area contributed by atoms with Crippen molar-refractivity contribution in [3.8, 4) is 0 Å². The lowest BCUT2D eigenvalue weighted by Crippen LogP contribution is -2.44. The summed E-state index contributed by atoms with van der Waals surface area (Å²) in [5, 5.41) is 10.3. The lowest BCUT2D eigenvalue weighted by Gasteiger charge is -2.29. The van der Waals surface area contributed by atoms with Crippen LogP contribution in [0, 0.1) is 5.92 Å². The van der Waals surface area contributed by atoms with Crippen molar-refractivity contribution in [2.75, 3.05) is 6.54 Å². The Morgan fingerprint density at radius 1 is 1.16 bits per heavy atom. The van der Waals surface area contributed by atoms with Gasteiger partial charge in [0.1, 0.15) is 0 Å². The van der Waals surface area contributed by atoms with E-state index >= 15 is 0 Å². The van der Waals surface area contributed by atoms with Gasteiger partial charge in [0.05, 0.1) is 23.3 Å². The molecule has 1 atom stereocenters. The molecule has 0 bridgehead atoms. The van der Waals surface area contributed by atoms with Gasteiger partial charge in [0.15, 0.2) is 0 Å². The first-order chi connectivity index (χ1) is 8.82. The summed E-state index contributed by atoms with van der Waals surface area (Å²) in [6, 6.07) is 6.76. The molecule has 2 amide bonds. The lowest BCUT2D eigenvalue weighted by molar-refractivity contribution is 0.00697. The predicted molar refractivity (Wildman–Crippen MR) is 71.9 cm³/mol. The molecule has 0 aliphatic carbocycles. The van der Waals surface area contributed by atoms with Gasteiger partial charge in [0.25, 0.3) is 11.8 Å². The van der Waals surface area contributed by atoms with E-state index < -0.39 is 5.60 Å². The Hall–Kier alpha value is -1.68. The summed E-state index contributed by atoms with van der Waals surface area (Å²) < 4.78 is 0. The first-order valence-electron chi connectivity index (χ1n) is 6.49. The highest BCUT2D eigenvalue weighted by Crippen LogP contribution is 2.26. The van der Waals surface area contributed by atoms with Gasteiger partial charge >= 0.3 is 0 Å². The summed E-state index contributed by atoms with van der Waals surface area (Å²) in [6.07, 6.45) is 0.542. The van der Waals surface area contributed by atoms with E-state index in [1.54, 1.807) is 31.2 Å². The van der Waals surface area contributed by atoms with Crippen LogP contribution in [0.1, 0.15) is 47.9 Å². The number of amides is 2. The van der Waals surface area contributed by atoms with E-state index in [1.165, 1.54) is 0 Å². The summed E-state index contributed by atoms with van der Waals surface area (Å²) in [7, 11) is 0. The predicted octanol–water partition coefficient (Wildman–Crippen LogP) is 2.08. The molecule has 1 N–H and O–H groups in total. The maximum atomic E-state index is 12.2. The zero-order valence-corrected chi connectivity index (χ0v) is 11.5. The molecule has 1 aliphatic heterocycles. The zero-order valence-electron chi connectivity index (χ0n) is 11.5. The fraction of sp³-hybridized carbons (Fsp3) is 0.467. The second kappa shape index (κ2) is 4.78. The number of benzene rings is 1. The van der Waals surface area contributed by atoms with E-state index in [0.29, 0.717) is 23.5 Å². The van der Waals surface area contributed by atoms with Crippen LogP contribution in [0.4, 0.5) is 0 Å². The standard InChI is InChI=1S/C15H19NO3/c1-10(2)8-15(3,19)9-16-13(17)11-6-4-5-7-12(11)14(16)18/h4-7,10,19H,8-9H2,1-3H3. The maximum Gasteiger partial charge on any atom is 0.261 e. The van der Waals surface area contributed by atoms with Gasteiger partial charge in [-0.15, -0.1) is 0 Å². The number of nitrogens with zero attached hydrogens (tertiary/aromatic N) is 1. The van der Waals surface area contributed by atoms with Crippen LogP contribution in [0.15, 0.2) is 24.3 Å². The molecule has 0 saturated heterocycles. The van der Waals surface area contributed by atoms with E-state index in [0.717, 1.165) is 4.90 Å². The highest BCUT2D eigenvalue weighted by Gasteiger charge is 2.39. The molecule has 1 aromatic carbocycles. The Labute approximate surface area is 113 Å². The first-order valence-corrected chi connectivity index (χ1v) is 6.49. The van der Waals surface area contributed by atoms with Crippen LogP contribution in [0.5, 0.6) is 0 Å². The van der Waals surface area contributed by atoms with Crippen LogP contribution in [0.2, 0.25) is 0 Å². The topological polar surface area (TPSA) is 57.6 Å². The maximum absolute atomic E-state index is 12.2. The van der Waals surface area contributed by atoms with Crippen LogP contribution in [0.3, 0.4) is 0 Å². The van der Waals surface area contributed by atoms with Crippen LogP contribution >= 0.6 is 0 Å². The fourth-order valence-corrected chi connectivity index (χ4v) is 2.67. The minimum absolute atomic E-state index is 0.0392. The van der Waals surface area contributed by atoms with Crippen LogP contribution in [-0.4, -0.2) is 34.0 Å². The van der Waals surface area contributed by atoms with E-state index in [9.17, 15) is 14.7 Å². The molecule has 1 heterocycles. The van der Waals surface area contributed by atoms with Crippen molar-refractivity contribution in [1.29, 1.82) is 0 Å². The first kappa shape index (κ1) is 13.7. The second-order valence-corrected chi connectivity index (χ2v) is 5.84. The minimum Gasteiger partial charge on any atom is -0.388 e. The molecule has 1 aliphatic rings. The third kappa shape index (κ3) is 2.68. The molecule has 1 aromatic rings. The van der Waals surface area contributed by atoms with Gasteiger partial charge in [-0.3, -0.25) is 14.5 Å². The van der Waals surface area contributed by atoms with Gasteiger partial charge in [-0.2, -0.15) is 0 Å². The molecule has 0 saturated carbocycles. The number of fused-ring (bicyclic) bond motifs is 1. The van der Waals surface area contributed by atoms with Gasteiger partial charge in [0.2, 0.25) is 0 Å². The number of hydrogen-bond acceptors (Lipinski definition) is 3. The number of hydrogen-bond donors (Lipinski definition) is 1. The SMILES string of the molecule is CC(C)CC(C)(O)CN1C(=O)c2ccccc2C1=O. The monoisotopic (exact) mass is 261 g/mol. The number of rotatable bonds is 4. The highest BCUT2D eigenvalue weighted by molar-refractivity contribution is 6.21. The van der Waals surface area contributed by atoms with Crippen molar-refractivity contribution in [3.05, 3.63) is 35.4 Å². The summed E-state index contributed by atoms with van der Waals surface area (Å²) in [4.78, 5) is 25.5. The molecule has 2 rings (SSSR count). The molecule has 4 heteroatoms. The van der Waals surface area contributed by atoms with E-state index in [-0.39, 0.29) is 18.4 Å². The minimum atomic E-state index is -1.05. The Balaban J connectivity index is 2.21. The quantitative estimate of drug-likeness (QED) is 0.844. The van der Waals surface area contributed by atoms with E-state index in [4.69, 9.17) is 0 Å². The van der Waals surface area contributed by atoms with Crippen LogP contribution < -0.4 is 0 Å². The average molecular weight is 261 g/mol. The van der Waals surface area contributed by atoms with E-state index in [1.807, 2.05) is 13.8 Å². The van der Waals surface area contributed by atoms with Crippen molar-refractivity contribution in [1.82, 2.24) is 4.90 Å². The molecule has 1 unspecified atom stereocenters. The van der Waals surface area contributed by atoms with E-state index in [2.05, 4.69) is 0 Å². The molecule has 0 spiro atoms. The smallest absolute Gasteiger partial charge is 0.261 e. The molecule has 0 fully saturated rings. The third-order valence-electron chi connectivity index (χ3n) is 3.22. The Kier molecular flexibility index (Phi) is 3.45. The van der Waals surface area contributed by atoms with Gasteiger partial charge < -0.3 is 5.11 Å². The molecule has 0 radical (unpaired) electrons. The molecule has 4 nitrogen and oxygen atoms in total. The Bertz CT molecular complexity index is 485. The zero-order chi connectivity index (χ0) is 14.2. The number of aliphatic hydroxyl groups is 1. The highest BCUT2D eigenvalue weighted by atomic mass is 16.3. The second-order valence-electron chi connectivity index (χ2n) is 5.84. The largest absolute Gasteiger partial charge is 0.388 e. The number of imide groups is 1. The molecule has 0 aromatic heterocycles. The number of β-amino-alcohol motifs (C(OH)–C–C–N with tert-alkyl or cyclic N) is 1. The number of carbonyl (C=O) groups excluding carboxylic acids is 2. The van der Waals surface area contributed by atoms with Gasteiger partial charge in [0, 0.05) is 0 Å². The van der Waals surface area contributed by atoms with Gasteiger partial charge in [-0.05, 0) is 31.4 Å². The summed E-state index contributed by atoms with van der Waals surface area (Å²) >= 11 is 0. The molecular weight excluding hydrogens is 242 g/mol. The van der Waals surface area contributed by atoms with Crippen LogP contribution in [-0.2, 0) is 0 Å². The Morgan fingerprint density at radius 3 is 2.05 bits per heavy atom. The van der Waals surface area contributed by atoms with Crippen molar-refractivity contribution < 1.29 is 14.7 Å². The normalized spacial score (nSPS) is 17.8. The summed E-state index contributed by atoms with van der Waals surface area (Å²) in [6.45, 7) is 5.70. The number of carbonyl (C=O) groups is 2. The van der Waals surface area contributed by atoms with Crippen LogP contribution in [0.25, 0.3) is 0 Å². The molecular formula is C15H19NO3. The van der Waals surface area contributed by atoms with Crippen molar-refractivity contribution in [2.24, 2.45) is 5.92 Å². The fourth-order valence-electron chi connectivity index (χ4n) is 2.67. The van der Waals surface area contributed by atoms with Gasteiger partial charge in [-0.25, -0.2) is 0 Å². The van der Waals surface area contributed by atoms with Crippen molar-refractivity contribution in [3.63, 3.8) is 0 Å². The lowest BCUT2D eigenvalue weighted by atomic mass is 9.94. The van der Waals surface area contributed by atoms with Crippen molar-refractivity contribution >= 4 is 11.8 Å². The van der Waals surface area contributed by atoms with Crippen molar-refractivity contribution in [2.45, 2.75) is 32.8 Å². The Morgan fingerprint density at radius 2 is 1.63 bits per heavy atom. The summed E-state index contributed by atoms with van der Waals surface area (Å²) in [5.41, 5.74) is -0.206. The molecule has 19 heavy (non-hydrogen) atoms. The molecule has 102 valence electrons. The third-order valence-corrected chi connectivity index (χ3v) is 3.22.